The Morgan fingerprint density at radius 1 is 1.40 bits per heavy atom. The summed E-state index contributed by atoms with van der Waals surface area (Å²) in [7, 11) is 1.66. The number of amides is 1. The van der Waals surface area contributed by atoms with Crippen molar-refractivity contribution in [1.82, 2.24) is 4.98 Å². The lowest BCUT2D eigenvalue weighted by Gasteiger charge is -2.12. The lowest BCUT2D eigenvalue weighted by atomic mass is 9.94. The van der Waals surface area contributed by atoms with Gasteiger partial charge in [0.15, 0.2) is 0 Å². The summed E-state index contributed by atoms with van der Waals surface area (Å²) in [6.07, 6.45) is 7.19. The van der Waals surface area contributed by atoms with Crippen LogP contribution < -0.4 is 10.5 Å². The van der Waals surface area contributed by atoms with E-state index >= 15 is 0 Å². The zero-order chi connectivity index (χ0) is 14.2. The van der Waals surface area contributed by atoms with E-state index in [0.29, 0.717) is 0 Å². The van der Waals surface area contributed by atoms with Gasteiger partial charge >= 0.3 is 0 Å². The number of methoxy groups -OCH3 is 1. The predicted molar refractivity (Wildman–Crippen MR) is 77.5 cm³/mol. The maximum atomic E-state index is 11.5. The molecule has 1 saturated carbocycles. The highest BCUT2D eigenvalue weighted by Gasteiger charge is 2.47. The second-order valence-corrected chi connectivity index (χ2v) is 5.53. The van der Waals surface area contributed by atoms with E-state index in [4.69, 9.17) is 10.5 Å². The monoisotopic (exact) mass is 270 g/mol. The Balaban J connectivity index is 1.89. The average Bonchev–Trinajstić information content (AvgIpc) is 3.25. The molecule has 2 aromatic rings. The second-order valence-electron chi connectivity index (χ2n) is 5.53. The topological polar surface area (TPSA) is 65.2 Å². The summed E-state index contributed by atoms with van der Waals surface area (Å²) in [4.78, 5) is 15.7. The molecule has 2 N–H and O–H groups in total. The van der Waals surface area contributed by atoms with Gasteiger partial charge in [-0.15, -0.1) is 0 Å². The van der Waals surface area contributed by atoms with E-state index in [-0.39, 0.29) is 11.3 Å². The number of aromatic nitrogens is 1. The first-order chi connectivity index (χ1) is 9.64. The van der Waals surface area contributed by atoms with Crippen molar-refractivity contribution in [2.45, 2.75) is 25.7 Å². The Labute approximate surface area is 117 Å². The number of nitrogens with zero attached hydrogens (tertiary/aromatic N) is 1. The minimum atomic E-state index is -0.263. The zero-order valence-electron chi connectivity index (χ0n) is 11.6. The molecule has 104 valence electrons. The van der Waals surface area contributed by atoms with Crippen molar-refractivity contribution in [3.05, 3.63) is 36.2 Å². The molecule has 3 rings (SSSR count). The van der Waals surface area contributed by atoms with Crippen LogP contribution in [0.1, 0.15) is 24.8 Å². The van der Waals surface area contributed by atoms with Crippen LogP contribution in [0.4, 0.5) is 0 Å². The normalized spacial score (nSPS) is 16.1. The van der Waals surface area contributed by atoms with Crippen molar-refractivity contribution < 1.29 is 9.53 Å². The summed E-state index contributed by atoms with van der Waals surface area (Å²) >= 11 is 0. The predicted octanol–water partition coefficient (Wildman–Crippen LogP) is 2.44. The van der Waals surface area contributed by atoms with E-state index in [2.05, 4.69) is 4.98 Å². The van der Waals surface area contributed by atoms with Crippen molar-refractivity contribution in [3.63, 3.8) is 0 Å². The minimum absolute atomic E-state index is 0.164. The molecule has 1 aromatic carbocycles. The molecule has 0 saturated heterocycles. The number of primary amides is 1. The first-order valence-corrected chi connectivity index (χ1v) is 6.85. The zero-order valence-corrected chi connectivity index (χ0v) is 11.6. The Bertz CT molecular complexity index is 663. The average molecular weight is 270 g/mol. The van der Waals surface area contributed by atoms with Gasteiger partial charge < -0.3 is 10.5 Å². The highest BCUT2D eigenvalue weighted by Crippen LogP contribution is 2.49. The molecule has 20 heavy (non-hydrogen) atoms. The SMILES string of the molecule is COc1ccc2cncc(CCC3(C(N)=O)CC3)c2c1. The van der Waals surface area contributed by atoms with E-state index < -0.39 is 0 Å². The Morgan fingerprint density at radius 3 is 2.85 bits per heavy atom. The Hall–Kier alpha value is -2.10. The summed E-state index contributed by atoms with van der Waals surface area (Å²) in [5, 5.41) is 2.23. The van der Waals surface area contributed by atoms with Gasteiger partial charge in [0, 0.05) is 23.2 Å². The Kier molecular flexibility index (Phi) is 3.08. The molecule has 1 aliphatic rings. The van der Waals surface area contributed by atoms with Crippen LogP contribution in [0.15, 0.2) is 30.6 Å². The summed E-state index contributed by atoms with van der Waals surface area (Å²) in [5.41, 5.74) is 6.36. The highest BCUT2D eigenvalue weighted by atomic mass is 16.5. The Morgan fingerprint density at radius 2 is 2.20 bits per heavy atom. The van der Waals surface area contributed by atoms with E-state index in [0.717, 1.165) is 47.8 Å². The minimum Gasteiger partial charge on any atom is -0.497 e. The molecular weight excluding hydrogens is 252 g/mol. The number of carbonyl (C=O) groups is 1. The summed E-state index contributed by atoms with van der Waals surface area (Å²) in [6.45, 7) is 0. The van der Waals surface area contributed by atoms with Crippen molar-refractivity contribution in [3.8, 4) is 5.75 Å². The number of ether oxygens (including phenoxy) is 1. The van der Waals surface area contributed by atoms with Gasteiger partial charge in [-0.3, -0.25) is 9.78 Å². The van der Waals surface area contributed by atoms with Gasteiger partial charge in [-0.25, -0.2) is 0 Å². The molecule has 0 unspecified atom stereocenters. The molecular formula is C16H18N2O2. The molecule has 0 atom stereocenters. The standard InChI is InChI=1S/C16H18N2O2/c1-20-13-3-2-11-9-18-10-12(14(11)8-13)4-5-16(6-7-16)15(17)19/h2-3,8-10H,4-7H2,1H3,(H2,17,19). The molecule has 1 amide bonds. The van der Waals surface area contributed by atoms with Crippen LogP contribution in [0.2, 0.25) is 0 Å². The third-order valence-electron chi connectivity index (χ3n) is 4.30. The fourth-order valence-electron chi connectivity index (χ4n) is 2.67. The van der Waals surface area contributed by atoms with Crippen LogP contribution in [0, 0.1) is 5.41 Å². The lowest BCUT2D eigenvalue weighted by molar-refractivity contribution is -0.123. The first-order valence-electron chi connectivity index (χ1n) is 6.85. The van der Waals surface area contributed by atoms with Gasteiger partial charge in [0.25, 0.3) is 0 Å². The molecule has 1 heterocycles. The summed E-state index contributed by atoms with van der Waals surface area (Å²) in [5.74, 6) is 0.671. The number of pyridine rings is 1. The van der Waals surface area contributed by atoms with Gasteiger partial charge in [0.2, 0.25) is 5.91 Å². The third-order valence-corrected chi connectivity index (χ3v) is 4.30. The summed E-state index contributed by atoms with van der Waals surface area (Å²) < 4.78 is 5.28. The fourth-order valence-corrected chi connectivity index (χ4v) is 2.67. The van der Waals surface area contributed by atoms with Gasteiger partial charge in [0.1, 0.15) is 5.75 Å². The maximum absolute atomic E-state index is 11.5. The maximum Gasteiger partial charge on any atom is 0.223 e. The summed E-state index contributed by atoms with van der Waals surface area (Å²) in [6, 6.07) is 5.96. The number of nitrogens with two attached hydrogens (primary N) is 1. The van der Waals surface area contributed by atoms with E-state index in [1.54, 1.807) is 7.11 Å². The van der Waals surface area contributed by atoms with Crippen molar-refractivity contribution >= 4 is 16.7 Å². The lowest BCUT2D eigenvalue weighted by Crippen LogP contribution is -2.25. The number of fused-ring (bicyclic) bond motifs is 1. The van der Waals surface area contributed by atoms with Crippen molar-refractivity contribution in [2.24, 2.45) is 11.1 Å². The quantitative estimate of drug-likeness (QED) is 0.907. The molecule has 1 aromatic heterocycles. The van der Waals surface area contributed by atoms with E-state index in [1.165, 1.54) is 0 Å². The van der Waals surface area contributed by atoms with E-state index in [9.17, 15) is 4.79 Å². The van der Waals surface area contributed by atoms with Gasteiger partial charge in [-0.05, 0) is 54.8 Å². The van der Waals surface area contributed by atoms with Crippen LogP contribution in [-0.4, -0.2) is 18.0 Å². The molecule has 0 radical (unpaired) electrons. The van der Waals surface area contributed by atoms with E-state index in [1.807, 2.05) is 30.6 Å². The van der Waals surface area contributed by atoms with Gasteiger partial charge in [-0.1, -0.05) is 0 Å². The van der Waals surface area contributed by atoms with Crippen LogP contribution in [0.25, 0.3) is 10.8 Å². The third kappa shape index (κ3) is 2.22. The smallest absolute Gasteiger partial charge is 0.223 e. The van der Waals surface area contributed by atoms with Crippen molar-refractivity contribution in [2.75, 3.05) is 7.11 Å². The van der Waals surface area contributed by atoms with Crippen LogP contribution in [0.5, 0.6) is 5.75 Å². The molecule has 1 aliphatic carbocycles. The number of carbonyl (C=O) groups excluding carboxylic acids is 1. The molecule has 4 heteroatoms. The molecule has 0 spiro atoms. The fraction of sp³-hybridized carbons (Fsp3) is 0.375. The van der Waals surface area contributed by atoms with Gasteiger partial charge in [-0.2, -0.15) is 0 Å². The molecule has 0 aliphatic heterocycles. The molecule has 1 fully saturated rings. The number of hydrogen-bond acceptors (Lipinski definition) is 3. The largest absolute Gasteiger partial charge is 0.497 e. The van der Waals surface area contributed by atoms with Crippen LogP contribution >= 0.6 is 0 Å². The second kappa shape index (κ2) is 4.78. The number of hydrogen-bond donors (Lipinski definition) is 1. The molecule has 4 nitrogen and oxygen atoms in total. The number of benzene rings is 1. The van der Waals surface area contributed by atoms with Crippen LogP contribution in [0.3, 0.4) is 0 Å². The highest BCUT2D eigenvalue weighted by molar-refractivity contribution is 5.86. The first kappa shape index (κ1) is 12.9. The van der Waals surface area contributed by atoms with Crippen molar-refractivity contribution in [1.29, 1.82) is 0 Å². The number of rotatable bonds is 5. The van der Waals surface area contributed by atoms with Gasteiger partial charge in [0.05, 0.1) is 7.11 Å². The number of aryl methyl sites for hydroxylation is 1. The van der Waals surface area contributed by atoms with Crippen LogP contribution in [-0.2, 0) is 11.2 Å². The molecule has 0 bridgehead atoms.